The number of hydrogen-bond donors (Lipinski definition) is 0. The molecule has 0 saturated carbocycles. The van der Waals surface area contributed by atoms with Crippen molar-refractivity contribution in [2.45, 2.75) is 0 Å². The molecule has 0 amide bonds. The molecule has 0 saturated heterocycles. The highest BCUT2D eigenvalue weighted by atomic mass is 32.1. The lowest BCUT2D eigenvalue weighted by Crippen LogP contribution is -1.84. The Morgan fingerprint density at radius 3 is 2.60 bits per heavy atom. The van der Waals surface area contributed by atoms with Gasteiger partial charge in [0, 0.05) is 16.5 Å². The molecule has 3 rings (SSSR count). The van der Waals surface area contributed by atoms with E-state index in [9.17, 15) is 4.39 Å². The van der Waals surface area contributed by atoms with Crippen LogP contribution in [0.4, 0.5) is 4.39 Å². The number of halogens is 1. The highest BCUT2D eigenvalue weighted by molar-refractivity contribution is 7.13. The average Bonchev–Trinajstić information content (AvgIpc) is 2.98. The summed E-state index contributed by atoms with van der Waals surface area (Å²) in [5, 5.41) is 2.89. The molecule has 2 nitrogen and oxygen atoms in total. The van der Waals surface area contributed by atoms with Gasteiger partial charge in [-0.2, -0.15) is 0 Å². The first-order valence-electron chi connectivity index (χ1n) is 6.12. The fourth-order valence-corrected chi connectivity index (χ4v) is 2.74. The minimum absolute atomic E-state index is 0.239. The molecule has 0 radical (unpaired) electrons. The molecule has 0 bridgehead atoms. The molecule has 0 aliphatic carbocycles. The minimum Gasteiger partial charge on any atom is -0.497 e. The summed E-state index contributed by atoms with van der Waals surface area (Å²) in [6.07, 6.45) is 0. The van der Waals surface area contributed by atoms with Gasteiger partial charge in [0.1, 0.15) is 16.6 Å². The van der Waals surface area contributed by atoms with E-state index in [1.54, 1.807) is 30.6 Å². The predicted molar refractivity (Wildman–Crippen MR) is 79.5 cm³/mol. The average molecular weight is 285 g/mol. The van der Waals surface area contributed by atoms with Gasteiger partial charge < -0.3 is 4.74 Å². The van der Waals surface area contributed by atoms with Gasteiger partial charge in [0.2, 0.25) is 0 Å². The minimum atomic E-state index is -0.239. The van der Waals surface area contributed by atoms with Crippen molar-refractivity contribution < 1.29 is 9.13 Å². The van der Waals surface area contributed by atoms with Crippen molar-refractivity contribution in [2.24, 2.45) is 0 Å². The summed E-state index contributed by atoms with van der Waals surface area (Å²) in [5.41, 5.74) is 2.78. The molecule has 1 aromatic heterocycles. The lowest BCUT2D eigenvalue weighted by atomic mass is 10.2. The van der Waals surface area contributed by atoms with Gasteiger partial charge in [0.25, 0.3) is 0 Å². The molecule has 2 aromatic carbocycles. The van der Waals surface area contributed by atoms with Gasteiger partial charge in [-0.15, -0.1) is 11.3 Å². The van der Waals surface area contributed by atoms with E-state index in [1.165, 1.54) is 12.1 Å². The van der Waals surface area contributed by atoms with Gasteiger partial charge >= 0.3 is 0 Å². The van der Waals surface area contributed by atoms with E-state index in [2.05, 4.69) is 4.98 Å². The molecule has 1 heterocycles. The number of hydrogen-bond acceptors (Lipinski definition) is 3. The maximum Gasteiger partial charge on any atom is 0.124 e. The fourth-order valence-electron chi connectivity index (χ4n) is 1.92. The summed E-state index contributed by atoms with van der Waals surface area (Å²) in [6.45, 7) is 0. The summed E-state index contributed by atoms with van der Waals surface area (Å²) in [5.74, 6) is 0.568. The number of thiazole rings is 1. The molecular formula is C16H12FNOS. The maximum absolute atomic E-state index is 12.9. The predicted octanol–water partition coefficient (Wildman–Crippen LogP) is 4.62. The second-order valence-corrected chi connectivity index (χ2v) is 5.13. The van der Waals surface area contributed by atoms with E-state index in [0.29, 0.717) is 0 Å². The molecule has 0 atom stereocenters. The third kappa shape index (κ3) is 2.56. The summed E-state index contributed by atoms with van der Waals surface area (Å²) in [4.78, 5) is 4.60. The maximum atomic E-state index is 12.9. The van der Waals surface area contributed by atoms with Gasteiger partial charge in [-0.1, -0.05) is 12.1 Å². The number of rotatable bonds is 3. The van der Waals surface area contributed by atoms with Crippen molar-refractivity contribution in [3.63, 3.8) is 0 Å². The third-order valence-corrected chi connectivity index (χ3v) is 3.85. The second-order valence-electron chi connectivity index (χ2n) is 4.28. The Balaban J connectivity index is 1.95. The smallest absolute Gasteiger partial charge is 0.124 e. The van der Waals surface area contributed by atoms with Crippen molar-refractivity contribution in [2.75, 3.05) is 7.11 Å². The summed E-state index contributed by atoms with van der Waals surface area (Å²) >= 11 is 1.56. The van der Waals surface area contributed by atoms with E-state index in [4.69, 9.17) is 4.74 Å². The van der Waals surface area contributed by atoms with Crippen LogP contribution in [-0.2, 0) is 0 Å². The zero-order chi connectivity index (χ0) is 13.9. The van der Waals surface area contributed by atoms with E-state index >= 15 is 0 Å². The quantitative estimate of drug-likeness (QED) is 0.700. The Bertz CT molecular complexity index is 721. The van der Waals surface area contributed by atoms with Gasteiger partial charge in [-0.3, -0.25) is 0 Å². The summed E-state index contributed by atoms with van der Waals surface area (Å²) in [6, 6.07) is 14.1. The first-order chi connectivity index (χ1) is 9.76. The lowest BCUT2D eigenvalue weighted by molar-refractivity contribution is 0.415. The van der Waals surface area contributed by atoms with Crippen LogP contribution in [0.1, 0.15) is 0 Å². The number of nitrogens with zero attached hydrogens (tertiary/aromatic N) is 1. The molecule has 20 heavy (non-hydrogen) atoms. The van der Waals surface area contributed by atoms with Crippen LogP contribution in [0.2, 0.25) is 0 Å². The van der Waals surface area contributed by atoms with Gasteiger partial charge in [0.15, 0.2) is 0 Å². The topological polar surface area (TPSA) is 22.1 Å². The van der Waals surface area contributed by atoms with Crippen molar-refractivity contribution in [1.82, 2.24) is 4.98 Å². The standard InChI is InChI=1S/C16H12FNOS/c1-19-14-4-2-3-12(9-14)16-18-15(10-20-16)11-5-7-13(17)8-6-11/h2-10H,1H3. The molecule has 0 fully saturated rings. The van der Waals surface area contributed by atoms with Gasteiger partial charge in [0.05, 0.1) is 12.8 Å². The molecule has 0 spiro atoms. The monoisotopic (exact) mass is 285 g/mol. The first kappa shape index (κ1) is 12.8. The highest BCUT2D eigenvalue weighted by Gasteiger charge is 2.07. The van der Waals surface area contributed by atoms with Crippen LogP contribution in [0.15, 0.2) is 53.9 Å². The van der Waals surface area contributed by atoms with Crippen LogP contribution in [0.25, 0.3) is 21.8 Å². The Morgan fingerprint density at radius 1 is 1.05 bits per heavy atom. The van der Waals surface area contributed by atoms with Crippen LogP contribution >= 0.6 is 11.3 Å². The van der Waals surface area contributed by atoms with Gasteiger partial charge in [-0.25, -0.2) is 9.37 Å². The normalized spacial score (nSPS) is 10.5. The number of methoxy groups -OCH3 is 1. The largest absolute Gasteiger partial charge is 0.497 e. The van der Waals surface area contributed by atoms with Crippen LogP contribution in [0.5, 0.6) is 5.75 Å². The van der Waals surface area contributed by atoms with Crippen LogP contribution in [0.3, 0.4) is 0 Å². The molecule has 0 aliphatic heterocycles. The second kappa shape index (κ2) is 5.43. The molecule has 0 unspecified atom stereocenters. The van der Waals surface area contributed by atoms with Crippen LogP contribution in [-0.4, -0.2) is 12.1 Å². The number of aromatic nitrogens is 1. The molecule has 100 valence electrons. The molecular weight excluding hydrogens is 273 g/mol. The first-order valence-corrected chi connectivity index (χ1v) is 7.00. The zero-order valence-corrected chi connectivity index (χ0v) is 11.7. The van der Waals surface area contributed by atoms with Crippen molar-refractivity contribution in [3.8, 4) is 27.6 Å². The van der Waals surface area contributed by atoms with Crippen LogP contribution < -0.4 is 4.74 Å². The number of benzene rings is 2. The van der Waals surface area contributed by atoms with Crippen molar-refractivity contribution in [3.05, 3.63) is 59.7 Å². The summed E-state index contributed by atoms with van der Waals surface area (Å²) < 4.78 is 18.1. The Kier molecular flexibility index (Phi) is 3.48. The molecule has 0 N–H and O–H groups in total. The SMILES string of the molecule is COc1cccc(-c2nc(-c3ccc(F)cc3)cs2)c1. The lowest BCUT2D eigenvalue weighted by Gasteiger charge is -2.01. The molecule has 0 aliphatic rings. The Morgan fingerprint density at radius 2 is 1.85 bits per heavy atom. The zero-order valence-electron chi connectivity index (χ0n) is 10.8. The Labute approximate surface area is 120 Å². The van der Waals surface area contributed by atoms with Crippen molar-refractivity contribution in [1.29, 1.82) is 0 Å². The van der Waals surface area contributed by atoms with Gasteiger partial charge in [-0.05, 0) is 36.4 Å². The Hall–Kier alpha value is -2.20. The molecule has 4 heteroatoms. The summed E-state index contributed by atoms with van der Waals surface area (Å²) in [7, 11) is 1.64. The number of ether oxygens (including phenoxy) is 1. The van der Waals surface area contributed by atoms with Crippen molar-refractivity contribution >= 4 is 11.3 Å². The van der Waals surface area contributed by atoms with E-state index in [-0.39, 0.29) is 5.82 Å². The van der Waals surface area contributed by atoms with Crippen LogP contribution in [0, 0.1) is 5.82 Å². The third-order valence-electron chi connectivity index (χ3n) is 2.96. The highest BCUT2D eigenvalue weighted by Crippen LogP contribution is 2.30. The fraction of sp³-hybridized carbons (Fsp3) is 0.0625. The van der Waals surface area contributed by atoms with E-state index in [0.717, 1.165) is 27.6 Å². The van der Waals surface area contributed by atoms with E-state index in [1.807, 2.05) is 29.6 Å². The molecule has 3 aromatic rings. The van der Waals surface area contributed by atoms with E-state index < -0.39 is 0 Å².